The van der Waals surface area contributed by atoms with E-state index >= 15 is 0 Å². The van der Waals surface area contributed by atoms with Crippen LogP contribution in [0.4, 0.5) is 8.78 Å². The van der Waals surface area contributed by atoms with Crippen LogP contribution in [0.25, 0.3) is 0 Å². The fraction of sp³-hybridized carbons (Fsp3) is 0.385. The quantitative estimate of drug-likeness (QED) is 0.731. The molecule has 5 nitrogen and oxygen atoms in total. The van der Waals surface area contributed by atoms with Gasteiger partial charge in [0.25, 0.3) is 12.3 Å². The molecule has 1 aromatic carbocycles. The zero-order valence-electron chi connectivity index (χ0n) is 10.6. The molecule has 0 aliphatic heterocycles. The molecule has 1 aromatic rings. The van der Waals surface area contributed by atoms with Crippen LogP contribution in [0.5, 0.6) is 5.75 Å². The van der Waals surface area contributed by atoms with Crippen LogP contribution >= 0.6 is 0 Å². The molecule has 20 heavy (non-hydrogen) atoms. The summed E-state index contributed by atoms with van der Waals surface area (Å²) in [7, 11) is 0. The summed E-state index contributed by atoms with van der Waals surface area (Å²) < 4.78 is 33.2. The second-order valence-corrected chi connectivity index (χ2v) is 3.74. The average molecular weight is 284 g/mol. The maximum absolute atomic E-state index is 11.7. The Morgan fingerprint density at radius 3 is 2.65 bits per heavy atom. The van der Waals surface area contributed by atoms with Gasteiger partial charge in [-0.2, -0.15) is 5.26 Å². The highest BCUT2D eigenvalue weighted by atomic mass is 19.3. The van der Waals surface area contributed by atoms with Crippen molar-refractivity contribution >= 4 is 5.91 Å². The van der Waals surface area contributed by atoms with Gasteiger partial charge in [-0.05, 0) is 24.3 Å². The molecule has 0 radical (unpaired) electrons. The van der Waals surface area contributed by atoms with Gasteiger partial charge in [0.2, 0.25) is 0 Å². The second kappa shape index (κ2) is 8.82. The van der Waals surface area contributed by atoms with Crippen LogP contribution in [0, 0.1) is 11.3 Å². The van der Waals surface area contributed by atoms with Crippen LogP contribution in [-0.2, 0) is 9.53 Å². The third-order valence-electron chi connectivity index (χ3n) is 2.17. The molecule has 0 spiro atoms. The lowest BCUT2D eigenvalue weighted by atomic mass is 10.2. The van der Waals surface area contributed by atoms with E-state index in [9.17, 15) is 13.6 Å². The van der Waals surface area contributed by atoms with Gasteiger partial charge >= 0.3 is 0 Å². The molecule has 0 saturated heterocycles. The Kier molecular flexibility index (Phi) is 7.00. The number of nitriles is 1. The number of hydrogen-bond acceptors (Lipinski definition) is 4. The minimum absolute atomic E-state index is 0.0208. The maximum atomic E-state index is 11.7. The van der Waals surface area contributed by atoms with Crippen LogP contribution in [0.3, 0.4) is 0 Å². The van der Waals surface area contributed by atoms with E-state index in [0.717, 1.165) is 0 Å². The minimum atomic E-state index is -2.51. The van der Waals surface area contributed by atoms with Crippen molar-refractivity contribution in [3.63, 3.8) is 0 Å². The third-order valence-corrected chi connectivity index (χ3v) is 2.17. The monoisotopic (exact) mass is 284 g/mol. The molecule has 7 heteroatoms. The standard InChI is InChI=1S/C13H14F2N2O3/c14-12(15)8-19-6-5-17-13(18)9-20-11-3-1-10(7-16)2-4-11/h1-4,12H,5-6,8-9H2,(H,17,18). The lowest BCUT2D eigenvalue weighted by Gasteiger charge is -2.08. The first-order chi connectivity index (χ1) is 9.61. The summed E-state index contributed by atoms with van der Waals surface area (Å²) in [5.41, 5.74) is 0.498. The average Bonchev–Trinajstić information content (AvgIpc) is 2.45. The summed E-state index contributed by atoms with van der Waals surface area (Å²) in [6, 6.07) is 8.28. The molecule has 0 saturated carbocycles. The van der Waals surface area contributed by atoms with E-state index in [1.165, 1.54) is 0 Å². The van der Waals surface area contributed by atoms with Crippen molar-refractivity contribution in [2.24, 2.45) is 0 Å². The Labute approximate surface area is 115 Å². The van der Waals surface area contributed by atoms with E-state index in [4.69, 9.17) is 10.00 Å². The van der Waals surface area contributed by atoms with E-state index < -0.39 is 13.0 Å². The molecule has 1 N–H and O–H groups in total. The largest absolute Gasteiger partial charge is 0.484 e. The summed E-state index contributed by atoms with van der Waals surface area (Å²) in [6.45, 7) is -0.673. The zero-order valence-corrected chi connectivity index (χ0v) is 10.6. The van der Waals surface area contributed by atoms with Crippen LogP contribution in [-0.4, -0.2) is 38.7 Å². The molecule has 0 bridgehead atoms. The number of alkyl halides is 2. The van der Waals surface area contributed by atoms with Gasteiger partial charge in [-0.15, -0.1) is 0 Å². The maximum Gasteiger partial charge on any atom is 0.261 e. The highest BCUT2D eigenvalue weighted by Crippen LogP contribution is 2.10. The van der Waals surface area contributed by atoms with Crippen LogP contribution in [0.1, 0.15) is 5.56 Å². The van der Waals surface area contributed by atoms with Gasteiger partial charge in [0, 0.05) is 6.54 Å². The summed E-state index contributed by atoms with van der Waals surface area (Å²) in [4.78, 5) is 11.3. The van der Waals surface area contributed by atoms with Crippen LogP contribution in [0.15, 0.2) is 24.3 Å². The van der Waals surface area contributed by atoms with Crippen LogP contribution < -0.4 is 10.1 Å². The van der Waals surface area contributed by atoms with E-state index in [0.29, 0.717) is 11.3 Å². The van der Waals surface area contributed by atoms with Crippen LogP contribution in [0.2, 0.25) is 0 Å². The van der Waals surface area contributed by atoms with Crippen molar-refractivity contribution in [2.75, 3.05) is 26.4 Å². The van der Waals surface area contributed by atoms with Gasteiger partial charge in [-0.3, -0.25) is 4.79 Å². The second-order valence-electron chi connectivity index (χ2n) is 3.74. The molecule has 108 valence electrons. The first-order valence-electron chi connectivity index (χ1n) is 5.87. The lowest BCUT2D eigenvalue weighted by molar-refractivity contribution is -0.123. The van der Waals surface area contributed by atoms with Gasteiger partial charge in [0.1, 0.15) is 12.4 Å². The SMILES string of the molecule is N#Cc1ccc(OCC(=O)NCCOCC(F)F)cc1. The van der Waals surface area contributed by atoms with Crippen molar-refractivity contribution in [3.8, 4) is 11.8 Å². The number of carbonyl (C=O) groups is 1. The molecule has 0 atom stereocenters. The summed E-state index contributed by atoms with van der Waals surface area (Å²) in [5, 5.41) is 11.1. The molecule has 0 unspecified atom stereocenters. The molecule has 0 heterocycles. The molecular formula is C13H14F2N2O3. The number of hydrogen-bond donors (Lipinski definition) is 1. The Balaban J connectivity index is 2.14. The number of halogens is 2. The first kappa shape index (κ1) is 15.9. The molecular weight excluding hydrogens is 270 g/mol. The smallest absolute Gasteiger partial charge is 0.261 e. The van der Waals surface area contributed by atoms with Gasteiger partial charge in [0.15, 0.2) is 6.61 Å². The van der Waals surface area contributed by atoms with Gasteiger partial charge in [0.05, 0.1) is 18.2 Å². The number of ether oxygens (including phenoxy) is 2. The van der Waals surface area contributed by atoms with Crippen molar-refractivity contribution in [3.05, 3.63) is 29.8 Å². The Hall–Kier alpha value is -2.20. The summed E-state index contributed by atoms with van der Waals surface area (Å²) in [6.07, 6.45) is -2.51. The highest BCUT2D eigenvalue weighted by Gasteiger charge is 2.04. The van der Waals surface area contributed by atoms with E-state index in [1.54, 1.807) is 24.3 Å². The highest BCUT2D eigenvalue weighted by molar-refractivity contribution is 5.77. The third kappa shape index (κ3) is 6.66. The fourth-order valence-electron chi connectivity index (χ4n) is 1.26. The lowest BCUT2D eigenvalue weighted by Crippen LogP contribution is -2.32. The van der Waals surface area contributed by atoms with E-state index in [-0.39, 0.29) is 25.7 Å². The Morgan fingerprint density at radius 1 is 1.35 bits per heavy atom. The first-order valence-corrected chi connectivity index (χ1v) is 5.87. The number of nitrogens with zero attached hydrogens (tertiary/aromatic N) is 1. The fourth-order valence-corrected chi connectivity index (χ4v) is 1.26. The number of carbonyl (C=O) groups excluding carboxylic acids is 1. The van der Waals surface area contributed by atoms with E-state index in [2.05, 4.69) is 10.1 Å². The van der Waals surface area contributed by atoms with Gasteiger partial charge in [-0.1, -0.05) is 0 Å². The zero-order chi connectivity index (χ0) is 14.8. The molecule has 0 aliphatic carbocycles. The Bertz CT molecular complexity index is 458. The summed E-state index contributed by atoms with van der Waals surface area (Å²) >= 11 is 0. The molecule has 1 rings (SSSR count). The molecule has 1 amide bonds. The normalized spacial score (nSPS) is 10.1. The van der Waals surface area contributed by atoms with Gasteiger partial charge < -0.3 is 14.8 Å². The van der Waals surface area contributed by atoms with E-state index in [1.807, 2.05) is 6.07 Å². The number of benzene rings is 1. The number of rotatable bonds is 8. The predicted molar refractivity (Wildman–Crippen MR) is 66.5 cm³/mol. The number of amides is 1. The van der Waals surface area contributed by atoms with Crippen molar-refractivity contribution in [1.82, 2.24) is 5.32 Å². The predicted octanol–water partition coefficient (Wildman–Crippen LogP) is 1.33. The molecule has 0 aliphatic rings. The van der Waals surface area contributed by atoms with Crippen molar-refractivity contribution < 1.29 is 23.0 Å². The van der Waals surface area contributed by atoms with Crippen molar-refractivity contribution in [1.29, 1.82) is 5.26 Å². The molecule has 0 aromatic heterocycles. The van der Waals surface area contributed by atoms with Gasteiger partial charge in [-0.25, -0.2) is 8.78 Å². The minimum Gasteiger partial charge on any atom is -0.484 e. The Morgan fingerprint density at radius 2 is 2.05 bits per heavy atom. The van der Waals surface area contributed by atoms with Crippen molar-refractivity contribution in [2.45, 2.75) is 6.43 Å². The summed E-state index contributed by atoms with van der Waals surface area (Å²) in [5.74, 6) is 0.0862. The molecule has 0 fully saturated rings. The topological polar surface area (TPSA) is 71.3 Å². The number of nitrogens with one attached hydrogen (secondary N) is 1.